The number of nitrogens with zero attached hydrogens (tertiary/aromatic N) is 4. The smallest absolute Gasteiger partial charge is 0.167 e. The zero-order valence-electron chi connectivity index (χ0n) is 9.79. The number of aliphatic hydroxyl groups is 3. The van der Waals surface area contributed by atoms with Crippen LogP contribution in [0.5, 0.6) is 0 Å². The van der Waals surface area contributed by atoms with Crippen LogP contribution in [0, 0.1) is 0 Å². The maximum atomic E-state index is 9.95. The van der Waals surface area contributed by atoms with Crippen molar-refractivity contribution in [3.63, 3.8) is 0 Å². The molecule has 2 aromatic heterocycles. The molecule has 9 nitrogen and oxygen atoms in total. The van der Waals surface area contributed by atoms with Crippen LogP contribution in [0.4, 0.5) is 5.82 Å². The molecule has 1 aliphatic heterocycles. The van der Waals surface area contributed by atoms with Gasteiger partial charge in [0.05, 0.1) is 12.9 Å². The monoisotopic (exact) mass is 267 g/mol. The average molecular weight is 267 g/mol. The summed E-state index contributed by atoms with van der Waals surface area (Å²) in [6, 6.07) is 0. The first-order valence-electron chi connectivity index (χ1n) is 5.69. The fraction of sp³-hybridized carbons (Fsp3) is 0.500. The number of fused-ring (bicyclic) bond motifs is 1. The molecule has 0 bridgehead atoms. The lowest BCUT2D eigenvalue weighted by Crippen LogP contribution is -2.33. The molecule has 3 rings (SSSR count). The highest BCUT2D eigenvalue weighted by atomic mass is 16.6. The van der Waals surface area contributed by atoms with E-state index in [0.717, 1.165) is 0 Å². The van der Waals surface area contributed by atoms with Gasteiger partial charge in [-0.05, 0) is 0 Å². The van der Waals surface area contributed by atoms with Gasteiger partial charge in [0.25, 0.3) is 0 Å². The SMILES string of the molecule is Nc1ncnc2c1ncn2[C@H]1O[C@H](CO)[C@H](O)C1O. The predicted octanol–water partition coefficient (Wildman–Crippen LogP) is -1.98. The van der Waals surface area contributed by atoms with E-state index < -0.39 is 31.1 Å². The number of aromatic nitrogens is 4. The van der Waals surface area contributed by atoms with E-state index in [2.05, 4.69) is 15.0 Å². The van der Waals surface area contributed by atoms with E-state index in [4.69, 9.17) is 15.6 Å². The maximum absolute atomic E-state index is 9.95. The number of nitrogens with two attached hydrogens (primary N) is 1. The van der Waals surface area contributed by atoms with Gasteiger partial charge in [-0.2, -0.15) is 0 Å². The Hall–Kier alpha value is -1.81. The number of rotatable bonds is 2. The number of ether oxygens (including phenoxy) is 1. The van der Waals surface area contributed by atoms with Crippen molar-refractivity contribution in [2.24, 2.45) is 0 Å². The lowest BCUT2D eigenvalue weighted by atomic mass is 10.1. The molecule has 3 heterocycles. The average Bonchev–Trinajstić information content (AvgIpc) is 2.94. The second kappa shape index (κ2) is 4.38. The number of anilines is 1. The van der Waals surface area contributed by atoms with Crippen LogP contribution in [0.25, 0.3) is 11.2 Å². The van der Waals surface area contributed by atoms with Crippen molar-refractivity contribution in [1.82, 2.24) is 19.5 Å². The van der Waals surface area contributed by atoms with E-state index in [1.807, 2.05) is 0 Å². The summed E-state index contributed by atoms with van der Waals surface area (Å²) in [6.45, 7) is -0.390. The van der Waals surface area contributed by atoms with Crippen molar-refractivity contribution < 1.29 is 20.1 Å². The topological polar surface area (TPSA) is 140 Å². The minimum absolute atomic E-state index is 0.218. The number of hydrogen-bond donors (Lipinski definition) is 4. The molecule has 4 atom stereocenters. The molecule has 0 saturated carbocycles. The van der Waals surface area contributed by atoms with Crippen molar-refractivity contribution in [1.29, 1.82) is 0 Å². The number of aliphatic hydroxyl groups excluding tert-OH is 3. The van der Waals surface area contributed by atoms with Crippen LogP contribution in [-0.4, -0.2) is 59.8 Å². The predicted molar refractivity (Wildman–Crippen MR) is 62.7 cm³/mol. The van der Waals surface area contributed by atoms with Gasteiger partial charge in [-0.1, -0.05) is 0 Å². The van der Waals surface area contributed by atoms with Gasteiger partial charge in [0.15, 0.2) is 17.7 Å². The third-order valence-electron chi connectivity index (χ3n) is 3.18. The number of nitrogen functional groups attached to an aromatic ring is 1. The minimum atomic E-state index is -1.19. The summed E-state index contributed by atoms with van der Waals surface area (Å²) in [5, 5.41) is 28.7. The second-order valence-corrected chi connectivity index (χ2v) is 4.31. The summed E-state index contributed by atoms with van der Waals surface area (Å²) in [7, 11) is 0. The van der Waals surface area contributed by atoms with Crippen molar-refractivity contribution in [3.05, 3.63) is 12.7 Å². The third kappa shape index (κ3) is 1.75. The highest BCUT2D eigenvalue weighted by Gasteiger charge is 2.43. The first kappa shape index (κ1) is 12.2. The molecular weight excluding hydrogens is 254 g/mol. The molecule has 0 aliphatic carbocycles. The lowest BCUT2D eigenvalue weighted by Gasteiger charge is -2.16. The van der Waals surface area contributed by atoms with E-state index >= 15 is 0 Å². The van der Waals surface area contributed by atoms with Gasteiger partial charge in [-0.25, -0.2) is 15.0 Å². The van der Waals surface area contributed by atoms with Gasteiger partial charge in [0, 0.05) is 0 Å². The Morgan fingerprint density at radius 1 is 1.26 bits per heavy atom. The van der Waals surface area contributed by atoms with Crippen molar-refractivity contribution in [2.45, 2.75) is 24.5 Å². The first-order chi connectivity index (χ1) is 9.13. The molecule has 102 valence electrons. The normalized spacial score (nSPS) is 31.1. The summed E-state index contributed by atoms with van der Waals surface area (Å²) >= 11 is 0. The van der Waals surface area contributed by atoms with Crippen molar-refractivity contribution in [3.8, 4) is 0 Å². The molecule has 19 heavy (non-hydrogen) atoms. The Morgan fingerprint density at radius 2 is 2.05 bits per heavy atom. The quantitative estimate of drug-likeness (QED) is 0.491. The first-order valence-corrected chi connectivity index (χ1v) is 5.69. The van der Waals surface area contributed by atoms with Crippen LogP contribution in [0.15, 0.2) is 12.7 Å². The van der Waals surface area contributed by atoms with E-state index in [9.17, 15) is 10.2 Å². The zero-order valence-corrected chi connectivity index (χ0v) is 9.79. The number of imidazole rings is 1. The summed E-state index contributed by atoms with van der Waals surface area (Å²) in [5.41, 5.74) is 6.44. The Balaban J connectivity index is 2.04. The Labute approximate surface area is 107 Å². The van der Waals surface area contributed by atoms with Gasteiger partial charge in [-0.3, -0.25) is 4.57 Å². The fourth-order valence-corrected chi connectivity index (χ4v) is 2.17. The van der Waals surface area contributed by atoms with Crippen LogP contribution in [-0.2, 0) is 4.74 Å². The van der Waals surface area contributed by atoms with Gasteiger partial charge < -0.3 is 25.8 Å². The molecule has 9 heteroatoms. The van der Waals surface area contributed by atoms with Crippen molar-refractivity contribution in [2.75, 3.05) is 12.3 Å². The van der Waals surface area contributed by atoms with Gasteiger partial charge in [-0.15, -0.1) is 0 Å². The molecule has 0 aromatic carbocycles. The van der Waals surface area contributed by atoms with E-state index in [1.165, 1.54) is 17.2 Å². The molecule has 1 aliphatic rings. The van der Waals surface area contributed by atoms with Crippen LogP contribution >= 0.6 is 0 Å². The van der Waals surface area contributed by atoms with Crippen LogP contribution in [0.2, 0.25) is 0 Å². The molecule has 1 saturated heterocycles. The van der Waals surface area contributed by atoms with Gasteiger partial charge >= 0.3 is 0 Å². The zero-order chi connectivity index (χ0) is 13.6. The van der Waals surface area contributed by atoms with Gasteiger partial charge in [0.1, 0.15) is 30.2 Å². The third-order valence-corrected chi connectivity index (χ3v) is 3.18. The molecule has 1 fully saturated rings. The Bertz CT molecular complexity index is 603. The largest absolute Gasteiger partial charge is 0.394 e. The van der Waals surface area contributed by atoms with E-state index in [1.54, 1.807) is 0 Å². The Kier molecular flexibility index (Phi) is 2.82. The van der Waals surface area contributed by atoms with E-state index in [0.29, 0.717) is 11.2 Å². The van der Waals surface area contributed by atoms with Crippen LogP contribution in [0.3, 0.4) is 0 Å². The number of hydrogen-bond acceptors (Lipinski definition) is 8. The van der Waals surface area contributed by atoms with Gasteiger partial charge in [0.2, 0.25) is 0 Å². The highest BCUT2D eigenvalue weighted by molar-refractivity contribution is 5.81. The summed E-state index contributed by atoms with van der Waals surface area (Å²) < 4.78 is 6.85. The summed E-state index contributed by atoms with van der Waals surface area (Å²) in [4.78, 5) is 11.9. The Morgan fingerprint density at radius 3 is 2.74 bits per heavy atom. The van der Waals surface area contributed by atoms with E-state index in [-0.39, 0.29) is 5.82 Å². The molecule has 0 radical (unpaired) electrons. The molecule has 2 aromatic rings. The maximum Gasteiger partial charge on any atom is 0.167 e. The summed E-state index contributed by atoms with van der Waals surface area (Å²) in [6.07, 6.45) is -1.42. The summed E-state index contributed by atoms with van der Waals surface area (Å²) in [5.74, 6) is 0.218. The molecule has 0 amide bonds. The highest BCUT2D eigenvalue weighted by Crippen LogP contribution is 2.31. The second-order valence-electron chi connectivity index (χ2n) is 4.31. The molecular formula is C10H13N5O4. The molecule has 0 spiro atoms. The van der Waals surface area contributed by atoms with Crippen LogP contribution in [0.1, 0.15) is 6.23 Å². The van der Waals surface area contributed by atoms with Crippen molar-refractivity contribution >= 4 is 17.0 Å². The van der Waals surface area contributed by atoms with Crippen LogP contribution < -0.4 is 5.73 Å². The fourth-order valence-electron chi connectivity index (χ4n) is 2.17. The minimum Gasteiger partial charge on any atom is -0.394 e. The molecule has 5 N–H and O–H groups in total. The molecule has 1 unspecified atom stereocenters. The lowest BCUT2D eigenvalue weighted by molar-refractivity contribution is -0.0511. The standard InChI is InChI=1S/C10H13N5O4/c11-8-5-9(13-2-12-8)15(3-14-5)10-7(18)6(17)4(1-16)19-10/h2-4,6-7,10,16-18H,1H2,(H2,11,12,13)/t4-,6+,7?,10+/m1/s1.